The molecule has 4 saturated carbocycles. The third-order valence-electron chi connectivity index (χ3n) is 11.8. The second-order valence-corrected chi connectivity index (χ2v) is 14.1. The molecule has 0 aromatic carbocycles. The van der Waals surface area contributed by atoms with Crippen LogP contribution in [0.3, 0.4) is 0 Å². The molecule has 2 nitrogen and oxygen atoms in total. The lowest BCUT2D eigenvalue weighted by Gasteiger charge is -2.61. The van der Waals surface area contributed by atoms with Crippen LogP contribution < -0.4 is 0 Å². The molecule has 6 aliphatic rings. The van der Waals surface area contributed by atoms with E-state index in [2.05, 4.69) is 43.6 Å². The van der Waals surface area contributed by atoms with E-state index in [1.165, 1.54) is 64.2 Å². The lowest BCUT2D eigenvalue weighted by Crippen LogP contribution is -2.56. The van der Waals surface area contributed by atoms with Crippen LogP contribution in [0.15, 0.2) is 0 Å². The van der Waals surface area contributed by atoms with Crippen molar-refractivity contribution in [2.24, 2.45) is 52.3 Å². The van der Waals surface area contributed by atoms with Gasteiger partial charge in [-0.3, -0.25) is 0 Å². The van der Waals surface area contributed by atoms with Gasteiger partial charge in [-0.15, -0.1) is 0 Å². The fourth-order valence-electron chi connectivity index (χ4n) is 10.4. The van der Waals surface area contributed by atoms with E-state index in [0.29, 0.717) is 39.5 Å². The summed E-state index contributed by atoms with van der Waals surface area (Å²) in [5.74, 6) is 5.24. The van der Waals surface area contributed by atoms with E-state index in [1.807, 2.05) is 0 Å². The van der Waals surface area contributed by atoms with Gasteiger partial charge >= 0.3 is 0 Å². The van der Waals surface area contributed by atoms with Crippen LogP contribution in [0, 0.1) is 52.3 Å². The topological polar surface area (TPSA) is 18.5 Å². The van der Waals surface area contributed by atoms with Crippen LogP contribution in [0.4, 0.5) is 0 Å². The van der Waals surface area contributed by atoms with Crippen molar-refractivity contribution in [2.45, 2.75) is 109 Å². The van der Waals surface area contributed by atoms with Crippen molar-refractivity contribution >= 4 is 15.9 Å². The van der Waals surface area contributed by atoms with Crippen molar-refractivity contribution in [3.8, 4) is 0 Å². The first-order chi connectivity index (χ1) is 14.3. The van der Waals surface area contributed by atoms with Gasteiger partial charge in [-0.2, -0.15) is 0 Å². The molecular formula is C27H43BrO2. The summed E-state index contributed by atoms with van der Waals surface area (Å²) in [5, 5.41) is 0. The zero-order valence-electron chi connectivity index (χ0n) is 19.7. The van der Waals surface area contributed by atoms with E-state index in [9.17, 15) is 0 Å². The van der Waals surface area contributed by atoms with Gasteiger partial charge in [0.25, 0.3) is 0 Å². The molecule has 0 amide bonds. The summed E-state index contributed by atoms with van der Waals surface area (Å²) in [6.07, 6.45) is 14.8. The lowest BCUT2D eigenvalue weighted by atomic mass is 9.44. The SMILES string of the molecule is C[C@H]1CO[C@@]2(O[C@H]3C[C@H]4[C@@H]5CC[C@H]6CCCC[C@]6(C)[C@H]5CC[C@]4(C)[C@H]3[C@@H]2C)[C@H](Br)C1. The number of hydrogen-bond donors (Lipinski definition) is 0. The molecule has 2 saturated heterocycles. The number of alkyl halides is 1. The van der Waals surface area contributed by atoms with Crippen molar-refractivity contribution in [3.05, 3.63) is 0 Å². The monoisotopic (exact) mass is 478 g/mol. The number of rotatable bonds is 0. The number of fused-ring (bicyclic) bond motifs is 7. The number of halogens is 1. The zero-order valence-corrected chi connectivity index (χ0v) is 21.3. The molecule has 1 spiro atoms. The molecule has 0 bridgehead atoms. The largest absolute Gasteiger partial charge is 0.348 e. The minimum atomic E-state index is -0.375. The molecule has 0 aromatic heterocycles. The predicted molar refractivity (Wildman–Crippen MR) is 124 cm³/mol. The fourth-order valence-corrected chi connectivity index (χ4v) is 11.7. The van der Waals surface area contributed by atoms with Crippen molar-refractivity contribution in [1.82, 2.24) is 0 Å². The molecular weight excluding hydrogens is 436 g/mol. The van der Waals surface area contributed by atoms with E-state index >= 15 is 0 Å². The van der Waals surface area contributed by atoms with Gasteiger partial charge in [-0.1, -0.05) is 56.5 Å². The quantitative estimate of drug-likeness (QED) is 0.342. The fraction of sp³-hybridized carbons (Fsp3) is 1.00. The van der Waals surface area contributed by atoms with Crippen molar-refractivity contribution in [3.63, 3.8) is 0 Å². The number of ether oxygens (including phenoxy) is 2. The summed E-state index contributed by atoms with van der Waals surface area (Å²) in [6.45, 7) is 11.0. The summed E-state index contributed by atoms with van der Waals surface area (Å²) in [4.78, 5) is 0.337. The number of hydrogen-bond acceptors (Lipinski definition) is 2. The molecule has 4 aliphatic carbocycles. The van der Waals surface area contributed by atoms with Gasteiger partial charge in [-0.25, -0.2) is 0 Å². The maximum atomic E-state index is 6.99. The van der Waals surface area contributed by atoms with Crippen LogP contribution in [0.25, 0.3) is 0 Å². The van der Waals surface area contributed by atoms with Crippen LogP contribution >= 0.6 is 15.9 Å². The average molecular weight is 480 g/mol. The highest BCUT2D eigenvalue weighted by atomic mass is 79.9. The highest BCUT2D eigenvalue weighted by Gasteiger charge is 2.70. The Morgan fingerprint density at radius 1 is 0.867 bits per heavy atom. The van der Waals surface area contributed by atoms with Crippen LogP contribution in [0.1, 0.15) is 91.9 Å². The van der Waals surface area contributed by atoms with Crippen LogP contribution in [-0.4, -0.2) is 23.3 Å². The van der Waals surface area contributed by atoms with Gasteiger partial charge in [0.2, 0.25) is 0 Å². The first kappa shape index (κ1) is 21.0. The van der Waals surface area contributed by atoms with E-state index in [1.54, 1.807) is 0 Å². The van der Waals surface area contributed by atoms with Gasteiger partial charge in [0.05, 0.1) is 17.5 Å². The standard InChI is InChI=1S/C27H43BrO2/c1-16-13-23(28)27(29-15-16)17(2)24-22(30-27)14-21-19-9-8-18-7-5-6-11-25(18,3)20(19)10-12-26(21,24)4/h16-24H,5-15H2,1-4H3/t16-,17+,18-,19-,20+,21+,22+,23-,24+,25+,26+,27+/m1/s1. The van der Waals surface area contributed by atoms with Crippen molar-refractivity contribution in [1.29, 1.82) is 0 Å². The van der Waals surface area contributed by atoms with Gasteiger partial charge in [0.15, 0.2) is 5.79 Å². The summed E-state index contributed by atoms with van der Waals surface area (Å²) in [7, 11) is 0. The van der Waals surface area contributed by atoms with E-state index < -0.39 is 0 Å². The highest BCUT2D eigenvalue weighted by molar-refractivity contribution is 9.09. The average Bonchev–Trinajstić information content (AvgIpc) is 3.16. The summed E-state index contributed by atoms with van der Waals surface area (Å²) in [5.41, 5.74) is 1.09. The molecule has 6 rings (SSSR count). The minimum Gasteiger partial charge on any atom is -0.348 e. The third-order valence-corrected chi connectivity index (χ3v) is 12.8. The molecule has 0 radical (unpaired) electrons. The Morgan fingerprint density at radius 2 is 1.70 bits per heavy atom. The predicted octanol–water partition coefficient (Wildman–Crippen LogP) is 7.20. The zero-order chi connectivity index (χ0) is 20.9. The van der Waals surface area contributed by atoms with Gasteiger partial charge < -0.3 is 9.47 Å². The Hall–Kier alpha value is 0.400. The maximum Gasteiger partial charge on any atom is 0.184 e. The van der Waals surface area contributed by atoms with Gasteiger partial charge in [0.1, 0.15) is 0 Å². The van der Waals surface area contributed by atoms with E-state index in [-0.39, 0.29) is 5.79 Å². The Balaban J connectivity index is 1.28. The third kappa shape index (κ3) is 2.61. The normalized spacial score (nSPS) is 62.5. The molecule has 6 fully saturated rings. The lowest BCUT2D eigenvalue weighted by molar-refractivity contribution is -0.267. The molecule has 0 aromatic rings. The van der Waals surface area contributed by atoms with Crippen molar-refractivity contribution in [2.75, 3.05) is 6.61 Å². The van der Waals surface area contributed by atoms with E-state index in [4.69, 9.17) is 9.47 Å². The Bertz CT molecular complexity index is 696. The molecule has 12 atom stereocenters. The maximum absolute atomic E-state index is 6.99. The summed E-state index contributed by atoms with van der Waals surface area (Å²) in [6, 6.07) is 0. The summed E-state index contributed by atoms with van der Waals surface area (Å²) >= 11 is 4.02. The first-order valence-corrected chi connectivity index (χ1v) is 14.2. The highest BCUT2D eigenvalue weighted by Crippen LogP contribution is 2.71. The van der Waals surface area contributed by atoms with Crippen LogP contribution in [-0.2, 0) is 9.47 Å². The Kier molecular flexibility index (Phi) is 4.86. The smallest absolute Gasteiger partial charge is 0.184 e. The second kappa shape index (κ2) is 6.95. The molecule has 2 heterocycles. The molecule has 0 N–H and O–H groups in total. The minimum absolute atomic E-state index is 0.337. The molecule has 170 valence electrons. The Labute approximate surface area is 192 Å². The first-order valence-electron chi connectivity index (χ1n) is 13.3. The molecule has 30 heavy (non-hydrogen) atoms. The molecule has 3 heteroatoms. The molecule has 2 aliphatic heterocycles. The van der Waals surface area contributed by atoms with Gasteiger partial charge in [-0.05, 0) is 97.7 Å². The second-order valence-electron chi connectivity index (χ2n) is 13.0. The summed E-state index contributed by atoms with van der Waals surface area (Å²) < 4.78 is 13.5. The van der Waals surface area contributed by atoms with Crippen LogP contribution in [0.5, 0.6) is 0 Å². The van der Waals surface area contributed by atoms with E-state index in [0.717, 1.165) is 30.3 Å². The Morgan fingerprint density at radius 3 is 2.50 bits per heavy atom. The molecule has 0 unspecified atom stereocenters. The van der Waals surface area contributed by atoms with Crippen molar-refractivity contribution < 1.29 is 9.47 Å². The van der Waals surface area contributed by atoms with Gasteiger partial charge in [0, 0.05) is 5.92 Å². The van der Waals surface area contributed by atoms with Crippen LogP contribution in [0.2, 0.25) is 0 Å².